The molecule has 0 aliphatic carbocycles. The van der Waals surface area contributed by atoms with Gasteiger partial charge in [0, 0.05) is 6.20 Å². The van der Waals surface area contributed by atoms with E-state index >= 15 is 0 Å². The Labute approximate surface area is 62.8 Å². The summed E-state index contributed by atoms with van der Waals surface area (Å²) in [6.07, 6.45) is 1.68. The maximum Gasteiger partial charge on any atom is 0.133 e. The summed E-state index contributed by atoms with van der Waals surface area (Å²) in [7, 11) is 0. The van der Waals surface area contributed by atoms with Crippen LogP contribution in [0.1, 0.15) is 5.69 Å². The molecule has 0 saturated heterocycles. The molecular weight excluding hydrogens is 142 g/mol. The lowest BCUT2D eigenvalue weighted by Crippen LogP contribution is -1.80. The number of hydrogen-bond donors (Lipinski definition) is 2. The van der Waals surface area contributed by atoms with Gasteiger partial charge in [-0.25, -0.2) is 0 Å². The van der Waals surface area contributed by atoms with Gasteiger partial charge in [0.2, 0.25) is 0 Å². The summed E-state index contributed by atoms with van der Waals surface area (Å²) < 4.78 is 0. The van der Waals surface area contributed by atoms with Gasteiger partial charge in [0.1, 0.15) is 5.69 Å². The number of aromatic nitrogens is 5. The van der Waals surface area contributed by atoms with E-state index in [9.17, 15) is 0 Å². The lowest BCUT2D eigenvalue weighted by atomic mass is 10.3. The molecule has 2 aromatic rings. The van der Waals surface area contributed by atoms with Gasteiger partial charge in [0.05, 0.1) is 11.4 Å². The number of H-pyrrole nitrogens is 2. The van der Waals surface area contributed by atoms with Gasteiger partial charge >= 0.3 is 0 Å². The molecule has 0 saturated carbocycles. The molecular formula is C6H7N5. The van der Waals surface area contributed by atoms with Crippen molar-refractivity contribution < 1.29 is 0 Å². The van der Waals surface area contributed by atoms with Crippen LogP contribution in [0, 0.1) is 6.92 Å². The fourth-order valence-electron chi connectivity index (χ4n) is 0.927. The number of aromatic amines is 2. The van der Waals surface area contributed by atoms with Crippen LogP contribution in [0.3, 0.4) is 0 Å². The second-order valence-electron chi connectivity index (χ2n) is 2.23. The van der Waals surface area contributed by atoms with E-state index in [0.29, 0.717) is 0 Å². The van der Waals surface area contributed by atoms with E-state index in [-0.39, 0.29) is 0 Å². The fourth-order valence-corrected chi connectivity index (χ4v) is 0.927. The van der Waals surface area contributed by atoms with Gasteiger partial charge in [-0.05, 0) is 13.0 Å². The van der Waals surface area contributed by atoms with Crippen molar-refractivity contribution in [2.75, 3.05) is 0 Å². The first-order valence-corrected chi connectivity index (χ1v) is 3.25. The molecule has 0 aliphatic heterocycles. The lowest BCUT2D eigenvalue weighted by molar-refractivity contribution is 0.928. The third-order valence-corrected chi connectivity index (χ3v) is 1.48. The van der Waals surface area contributed by atoms with Gasteiger partial charge in [-0.3, -0.25) is 5.10 Å². The van der Waals surface area contributed by atoms with Gasteiger partial charge in [-0.1, -0.05) is 0 Å². The molecule has 0 fully saturated rings. The van der Waals surface area contributed by atoms with Crippen molar-refractivity contribution in [1.82, 2.24) is 25.6 Å². The highest BCUT2D eigenvalue weighted by molar-refractivity contribution is 5.54. The molecule has 0 spiro atoms. The van der Waals surface area contributed by atoms with E-state index in [1.807, 2.05) is 13.0 Å². The molecule has 0 bridgehead atoms. The van der Waals surface area contributed by atoms with E-state index in [0.717, 1.165) is 17.1 Å². The minimum absolute atomic E-state index is 0.822. The Hall–Kier alpha value is -1.65. The molecule has 5 heteroatoms. The number of nitrogens with one attached hydrogen (secondary N) is 2. The van der Waals surface area contributed by atoms with Crippen LogP contribution in [0.4, 0.5) is 0 Å². The predicted octanol–water partition coefficient (Wildman–Crippen LogP) is 0.503. The fraction of sp³-hybridized carbons (Fsp3) is 0.167. The second kappa shape index (κ2) is 2.19. The Morgan fingerprint density at radius 3 is 2.82 bits per heavy atom. The van der Waals surface area contributed by atoms with Gasteiger partial charge in [0.25, 0.3) is 0 Å². The summed E-state index contributed by atoms with van der Waals surface area (Å²) in [5, 5.41) is 17.0. The van der Waals surface area contributed by atoms with E-state index < -0.39 is 0 Å². The summed E-state index contributed by atoms with van der Waals surface area (Å²) >= 11 is 0. The zero-order valence-corrected chi connectivity index (χ0v) is 6.00. The van der Waals surface area contributed by atoms with E-state index in [4.69, 9.17) is 0 Å². The van der Waals surface area contributed by atoms with Gasteiger partial charge < -0.3 is 0 Å². The molecule has 0 atom stereocenters. The van der Waals surface area contributed by atoms with E-state index in [1.54, 1.807) is 6.20 Å². The van der Waals surface area contributed by atoms with Crippen molar-refractivity contribution in [1.29, 1.82) is 0 Å². The lowest BCUT2D eigenvalue weighted by Gasteiger charge is -1.87. The monoisotopic (exact) mass is 149 g/mol. The summed E-state index contributed by atoms with van der Waals surface area (Å²) in [6.45, 7) is 1.89. The average Bonchev–Trinajstić information content (AvgIpc) is 2.55. The van der Waals surface area contributed by atoms with Crippen LogP contribution < -0.4 is 0 Å². The number of aryl methyl sites for hydroxylation is 1. The van der Waals surface area contributed by atoms with Crippen LogP contribution in [0.2, 0.25) is 0 Å². The minimum Gasteiger partial charge on any atom is -0.276 e. The zero-order chi connectivity index (χ0) is 7.68. The SMILES string of the molecule is Cc1n[nH]nc1-c1ccn[nH]1. The molecule has 2 rings (SSSR count). The Morgan fingerprint density at radius 2 is 2.27 bits per heavy atom. The van der Waals surface area contributed by atoms with Crippen molar-refractivity contribution in [3.63, 3.8) is 0 Å². The Kier molecular flexibility index (Phi) is 1.21. The first kappa shape index (κ1) is 6.09. The third-order valence-electron chi connectivity index (χ3n) is 1.48. The van der Waals surface area contributed by atoms with Crippen LogP contribution in [-0.2, 0) is 0 Å². The highest BCUT2D eigenvalue weighted by atomic mass is 15.3. The van der Waals surface area contributed by atoms with Crippen molar-refractivity contribution in [3.8, 4) is 11.4 Å². The number of nitrogens with zero attached hydrogens (tertiary/aromatic N) is 3. The van der Waals surface area contributed by atoms with Crippen LogP contribution in [0.25, 0.3) is 11.4 Å². The van der Waals surface area contributed by atoms with Crippen molar-refractivity contribution in [2.45, 2.75) is 6.92 Å². The van der Waals surface area contributed by atoms with Crippen LogP contribution in [0.5, 0.6) is 0 Å². The molecule has 2 aromatic heterocycles. The van der Waals surface area contributed by atoms with Gasteiger partial charge in [-0.15, -0.1) is 0 Å². The second-order valence-corrected chi connectivity index (χ2v) is 2.23. The zero-order valence-electron chi connectivity index (χ0n) is 6.00. The molecule has 0 amide bonds. The topological polar surface area (TPSA) is 70.2 Å². The maximum absolute atomic E-state index is 3.95. The van der Waals surface area contributed by atoms with E-state index in [2.05, 4.69) is 25.6 Å². The largest absolute Gasteiger partial charge is 0.276 e. The molecule has 11 heavy (non-hydrogen) atoms. The summed E-state index contributed by atoms with van der Waals surface area (Å²) in [4.78, 5) is 0. The molecule has 0 radical (unpaired) electrons. The Morgan fingerprint density at radius 1 is 1.36 bits per heavy atom. The van der Waals surface area contributed by atoms with Crippen molar-refractivity contribution in [3.05, 3.63) is 18.0 Å². The predicted molar refractivity (Wildman–Crippen MR) is 38.7 cm³/mol. The highest BCUT2D eigenvalue weighted by Crippen LogP contribution is 2.13. The van der Waals surface area contributed by atoms with Crippen LogP contribution in [-0.4, -0.2) is 25.6 Å². The first-order chi connectivity index (χ1) is 5.38. The molecule has 0 aromatic carbocycles. The van der Waals surface area contributed by atoms with Crippen LogP contribution in [0.15, 0.2) is 12.3 Å². The Bertz CT molecular complexity index is 333. The molecule has 2 N–H and O–H groups in total. The smallest absolute Gasteiger partial charge is 0.133 e. The highest BCUT2D eigenvalue weighted by Gasteiger charge is 2.05. The normalized spacial score (nSPS) is 10.3. The first-order valence-electron chi connectivity index (χ1n) is 3.25. The van der Waals surface area contributed by atoms with E-state index in [1.165, 1.54) is 0 Å². The number of hydrogen-bond acceptors (Lipinski definition) is 3. The van der Waals surface area contributed by atoms with Gasteiger partial charge in [-0.2, -0.15) is 20.5 Å². The quantitative estimate of drug-likeness (QED) is 0.620. The van der Waals surface area contributed by atoms with Gasteiger partial charge in [0.15, 0.2) is 0 Å². The third kappa shape index (κ3) is 0.899. The summed E-state index contributed by atoms with van der Waals surface area (Å²) in [5.74, 6) is 0. The molecule has 56 valence electrons. The molecule has 5 nitrogen and oxygen atoms in total. The average molecular weight is 149 g/mol. The molecule has 2 heterocycles. The molecule has 0 unspecified atom stereocenters. The standard InChI is InChI=1S/C6H7N5/c1-4-6(10-11-8-4)5-2-3-7-9-5/h2-3H,1H3,(H,7,9)(H,8,10,11). The van der Waals surface area contributed by atoms with Crippen molar-refractivity contribution in [2.24, 2.45) is 0 Å². The van der Waals surface area contributed by atoms with Crippen LogP contribution >= 0.6 is 0 Å². The Balaban J connectivity index is 2.53. The summed E-state index contributed by atoms with van der Waals surface area (Å²) in [5.41, 5.74) is 2.58. The minimum atomic E-state index is 0.822. The number of rotatable bonds is 1. The molecule has 0 aliphatic rings. The summed E-state index contributed by atoms with van der Waals surface area (Å²) in [6, 6.07) is 1.85. The maximum atomic E-state index is 3.95. The van der Waals surface area contributed by atoms with Crippen molar-refractivity contribution >= 4 is 0 Å².